The molecular weight excluding hydrogens is 613 g/mol. The molecule has 0 bridgehead atoms. The number of hydrogen-bond donors (Lipinski definition) is 0. The number of aromatic nitrogens is 4. The van der Waals surface area contributed by atoms with E-state index in [1.54, 1.807) is 0 Å². The van der Waals surface area contributed by atoms with Crippen molar-refractivity contribution >= 4 is 38.9 Å². The summed E-state index contributed by atoms with van der Waals surface area (Å²) < 4.78 is 8.54. The van der Waals surface area contributed by atoms with Crippen LogP contribution in [-0.4, -0.2) is 19.5 Å². The fraction of sp³-hybridized carbons (Fsp3) is 0.0444. The number of allylic oxidation sites excluding steroid dienone is 1. The highest BCUT2D eigenvalue weighted by atomic mass is 16.3. The smallest absolute Gasteiger partial charge is 0.164 e. The number of benzene rings is 6. The highest BCUT2D eigenvalue weighted by Crippen LogP contribution is 2.38. The van der Waals surface area contributed by atoms with E-state index in [9.17, 15) is 0 Å². The van der Waals surface area contributed by atoms with Crippen LogP contribution in [0.1, 0.15) is 17.7 Å². The molecule has 0 saturated carbocycles. The maximum atomic E-state index is 6.18. The highest BCUT2D eigenvalue weighted by molar-refractivity contribution is 6.10. The molecule has 3 heterocycles. The molecule has 0 aliphatic heterocycles. The van der Waals surface area contributed by atoms with E-state index in [0.717, 1.165) is 57.6 Å². The molecule has 3 aromatic heterocycles. The zero-order chi connectivity index (χ0) is 33.0. The third-order valence-corrected chi connectivity index (χ3v) is 9.72. The van der Waals surface area contributed by atoms with E-state index in [4.69, 9.17) is 19.4 Å². The molecule has 5 heteroatoms. The lowest BCUT2D eigenvalue weighted by Gasteiger charge is -2.12. The van der Waals surface area contributed by atoms with Crippen LogP contribution in [0.15, 0.2) is 156 Å². The largest absolute Gasteiger partial charge is 0.456 e. The third-order valence-electron chi connectivity index (χ3n) is 9.72. The van der Waals surface area contributed by atoms with Gasteiger partial charge in [0.15, 0.2) is 17.5 Å². The molecule has 0 fully saturated rings. The second-order valence-electron chi connectivity index (χ2n) is 12.8. The van der Waals surface area contributed by atoms with Crippen molar-refractivity contribution < 1.29 is 4.42 Å². The Morgan fingerprint density at radius 3 is 1.90 bits per heavy atom. The van der Waals surface area contributed by atoms with Crippen molar-refractivity contribution in [2.75, 3.05) is 0 Å². The summed E-state index contributed by atoms with van der Waals surface area (Å²) in [6.45, 7) is 0. The summed E-state index contributed by atoms with van der Waals surface area (Å²) in [5, 5.41) is 3.63. The third kappa shape index (κ3) is 4.74. The van der Waals surface area contributed by atoms with Gasteiger partial charge >= 0.3 is 0 Å². The fourth-order valence-corrected chi connectivity index (χ4v) is 7.31. The Balaban J connectivity index is 1.14. The molecule has 1 aliphatic carbocycles. The number of fused-ring (bicyclic) bond motifs is 6. The predicted molar refractivity (Wildman–Crippen MR) is 203 cm³/mol. The molecule has 50 heavy (non-hydrogen) atoms. The first-order chi connectivity index (χ1) is 24.8. The van der Waals surface area contributed by atoms with Crippen LogP contribution in [0.2, 0.25) is 0 Å². The molecular formula is C45H30N4O. The van der Waals surface area contributed by atoms with Crippen LogP contribution in [-0.2, 0) is 6.42 Å². The van der Waals surface area contributed by atoms with Gasteiger partial charge in [0.1, 0.15) is 11.3 Å². The van der Waals surface area contributed by atoms with Crippen LogP contribution >= 0.6 is 0 Å². The van der Waals surface area contributed by atoms with Crippen molar-refractivity contribution in [3.8, 4) is 51.0 Å². The second-order valence-corrected chi connectivity index (χ2v) is 12.8. The molecule has 0 unspecified atom stereocenters. The Morgan fingerprint density at radius 2 is 1.12 bits per heavy atom. The minimum absolute atomic E-state index is 0.632. The van der Waals surface area contributed by atoms with Gasteiger partial charge < -0.3 is 8.98 Å². The summed E-state index contributed by atoms with van der Waals surface area (Å²) in [6, 6.07) is 50.7. The van der Waals surface area contributed by atoms with Gasteiger partial charge in [-0.15, -0.1) is 0 Å². The highest BCUT2D eigenvalue weighted by Gasteiger charge is 2.18. The quantitative estimate of drug-likeness (QED) is 0.187. The van der Waals surface area contributed by atoms with Crippen LogP contribution in [0, 0.1) is 0 Å². The molecule has 5 nitrogen and oxygen atoms in total. The number of furan rings is 1. The number of para-hydroxylation sites is 1. The first-order valence-electron chi connectivity index (χ1n) is 17.0. The zero-order valence-corrected chi connectivity index (χ0v) is 27.1. The number of rotatable bonds is 5. The summed E-state index contributed by atoms with van der Waals surface area (Å²) in [7, 11) is 0. The van der Waals surface area contributed by atoms with Gasteiger partial charge in [-0.05, 0) is 66.4 Å². The molecule has 0 spiro atoms. The Labute approximate surface area is 288 Å². The maximum Gasteiger partial charge on any atom is 0.164 e. The molecule has 0 N–H and O–H groups in total. The van der Waals surface area contributed by atoms with Gasteiger partial charge in [-0.1, -0.05) is 115 Å². The van der Waals surface area contributed by atoms with Gasteiger partial charge in [-0.25, -0.2) is 15.0 Å². The van der Waals surface area contributed by atoms with Crippen molar-refractivity contribution in [2.24, 2.45) is 0 Å². The van der Waals surface area contributed by atoms with Gasteiger partial charge in [0, 0.05) is 44.1 Å². The van der Waals surface area contributed by atoms with Gasteiger partial charge in [0.2, 0.25) is 0 Å². The Kier molecular flexibility index (Phi) is 6.56. The fourth-order valence-electron chi connectivity index (χ4n) is 7.31. The van der Waals surface area contributed by atoms with Crippen molar-refractivity contribution in [3.05, 3.63) is 163 Å². The summed E-state index contributed by atoms with van der Waals surface area (Å²) in [4.78, 5) is 14.9. The SMILES string of the molecule is C1=Cc2oc3ccc(-c4ccc5c6ccccc6n(-c6cccc(-c7nc(-c8ccccc8)nc(-c8ccccc8)n7)c6)c5c4)cc3c2CC1. The summed E-state index contributed by atoms with van der Waals surface area (Å²) in [6.07, 6.45) is 6.35. The van der Waals surface area contributed by atoms with E-state index < -0.39 is 0 Å². The Bertz CT molecular complexity index is 2700. The van der Waals surface area contributed by atoms with Crippen LogP contribution in [0.4, 0.5) is 0 Å². The van der Waals surface area contributed by atoms with E-state index in [2.05, 4.69) is 102 Å². The van der Waals surface area contributed by atoms with Crippen LogP contribution in [0.25, 0.3) is 89.8 Å². The zero-order valence-electron chi connectivity index (χ0n) is 27.1. The van der Waals surface area contributed by atoms with Gasteiger partial charge in [-0.3, -0.25) is 0 Å². The van der Waals surface area contributed by atoms with E-state index in [1.165, 1.54) is 32.8 Å². The molecule has 6 aromatic carbocycles. The lowest BCUT2D eigenvalue weighted by Crippen LogP contribution is -2.01. The monoisotopic (exact) mass is 642 g/mol. The van der Waals surface area contributed by atoms with E-state index in [1.807, 2.05) is 60.7 Å². The average molecular weight is 643 g/mol. The number of hydrogen-bond acceptors (Lipinski definition) is 4. The van der Waals surface area contributed by atoms with Crippen LogP contribution in [0.3, 0.4) is 0 Å². The summed E-state index contributed by atoms with van der Waals surface area (Å²) in [5.74, 6) is 2.91. The average Bonchev–Trinajstić information content (AvgIpc) is 3.73. The van der Waals surface area contributed by atoms with Crippen molar-refractivity contribution in [1.29, 1.82) is 0 Å². The minimum Gasteiger partial charge on any atom is -0.456 e. The van der Waals surface area contributed by atoms with Crippen molar-refractivity contribution in [3.63, 3.8) is 0 Å². The normalized spacial score (nSPS) is 12.6. The van der Waals surface area contributed by atoms with Gasteiger partial charge in [-0.2, -0.15) is 0 Å². The van der Waals surface area contributed by atoms with Crippen molar-refractivity contribution in [1.82, 2.24) is 19.5 Å². The van der Waals surface area contributed by atoms with Crippen LogP contribution in [0.5, 0.6) is 0 Å². The molecule has 0 radical (unpaired) electrons. The minimum atomic E-state index is 0.632. The second kappa shape index (κ2) is 11.5. The van der Waals surface area contributed by atoms with Crippen LogP contribution < -0.4 is 0 Å². The maximum absolute atomic E-state index is 6.18. The van der Waals surface area contributed by atoms with E-state index >= 15 is 0 Å². The van der Waals surface area contributed by atoms with E-state index in [0.29, 0.717) is 17.5 Å². The summed E-state index contributed by atoms with van der Waals surface area (Å²) in [5.41, 5.74) is 10.7. The topological polar surface area (TPSA) is 56.7 Å². The lowest BCUT2D eigenvalue weighted by atomic mass is 9.97. The standard InChI is InChI=1S/C45H30N4O/c1-3-12-29(13-4-1)43-46-44(30-14-5-2-6-15-30)48-45(47-43)33-16-11-17-34(26-33)49-39-20-9-7-18-35(39)36-24-22-32(28-40(36)49)31-23-25-42-38(27-31)37-19-8-10-21-41(37)50-42/h1-7,9-18,20-28H,8,19H2. The predicted octanol–water partition coefficient (Wildman–Crippen LogP) is 11.3. The molecule has 9 aromatic rings. The Hall–Kier alpha value is -6.59. The van der Waals surface area contributed by atoms with Gasteiger partial charge in [0.05, 0.1) is 11.0 Å². The summed E-state index contributed by atoms with van der Waals surface area (Å²) >= 11 is 0. The molecule has 1 aliphatic rings. The first-order valence-corrected chi connectivity index (χ1v) is 17.0. The Morgan fingerprint density at radius 1 is 0.480 bits per heavy atom. The number of nitrogens with zero attached hydrogens (tertiary/aromatic N) is 4. The van der Waals surface area contributed by atoms with Crippen molar-refractivity contribution in [2.45, 2.75) is 12.8 Å². The molecule has 0 saturated heterocycles. The molecule has 236 valence electrons. The van der Waals surface area contributed by atoms with E-state index in [-0.39, 0.29) is 0 Å². The van der Waals surface area contributed by atoms with Gasteiger partial charge in [0.25, 0.3) is 0 Å². The molecule has 0 amide bonds. The molecule has 10 rings (SSSR count). The first kappa shape index (κ1) is 28.4. The molecule has 0 atom stereocenters. The number of aryl methyl sites for hydroxylation is 1. The lowest BCUT2D eigenvalue weighted by molar-refractivity contribution is 0.595.